The van der Waals surface area contributed by atoms with Gasteiger partial charge in [0.05, 0.1) is 6.61 Å². The van der Waals surface area contributed by atoms with Crippen molar-refractivity contribution in [2.45, 2.75) is 32.1 Å². The van der Waals surface area contributed by atoms with Crippen molar-refractivity contribution >= 4 is 5.82 Å². The van der Waals surface area contributed by atoms with Crippen LogP contribution in [-0.2, 0) is 12.8 Å². The van der Waals surface area contributed by atoms with Gasteiger partial charge in [-0.3, -0.25) is 0 Å². The van der Waals surface area contributed by atoms with E-state index in [2.05, 4.69) is 15.3 Å². The zero-order valence-electron chi connectivity index (χ0n) is 12.2. The van der Waals surface area contributed by atoms with Gasteiger partial charge in [0.15, 0.2) is 0 Å². The Morgan fingerprint density at radius 1 is 1.05 bits per heavy atom. The lowest BCUT2D eigenvalue weighted by molar-refractivity contribution is 0.315. The Morgan fingerprint density at radius 3 is 2.81 bits per heavy atom. The summed E-state index contributed by atoms with van der Waals surface area (Å²) >= 11 is 0. The van der Waals surface area contributed by atoms with Gasteiger partial charge in [-0.1, -0.05) is 18.2 Å². The van der Waals surface area contributed by atoms with Crippen LogP contribution in [0.2, 0.25) is 0 Å². The molecule has 0 atom stereocenters. The fourth-order valence-corrected chi connectivity index (χ4v) is 2.66. The van der Waals surface area contributed by atoms with Gasteiger partial charge in [0, 0.05) is 17.8 Å². The van der Waals surface area contributed by atoms with Crippen LogP contribution >= 0.6 is 0 Å². The molecule has 2 aromatic rings. The summed E-state index contributed by atoms with van der Waals surface area (Å²) in [5, 5.41) is 3.43. The zero-order chi connectivity index (χ0) is 14.3. The van der Waals surface area contributed by atoms with Gasteiger partial charge in [-0.05, 0) is 44.2 Å². The topological polar surface area (TPSA) is 47.0 Å². The van der Waals surface area contributed by atoms with Crippen molar-refractivity contribution in [3.05, 3.63) is 47.9 Å². The predicted octanol–water partition coefficient (Wildman–Crippen LogP) is 3.24. The molecule has 110 valence electrons. The van der Waals surface area contributed by atoms with Crippen molar-refractivity contribution in [1.29, 1.82) is 0 Å². The molecule has 0 unspecified atom stereocenters. The predicted molar refractivity (Wildman–Crippen MR) is 83.7 cm³/mol. The Kier molecular flexibility index (Phi) is 4.66. The minimum atomic E-state index is 0.713. The number of fused-ring (bicyclic) bond motifs is 1. The van der Waals surface area contributed by atoms with Crippen LogP contribution in [0.3, 0.4) is 0 Å². The quantitative estimate of drug-likeness (QED) is 0.827. The van der Waals surface area contributed by atoms with Crippen molar-refractivity contribution in [2.24, 2.45) is 0 Å². The first-order chi connectivity index (χ1) is 10.4. The molecule has 4 heteroatoms. The molecule has 0 saturated heterocycles. The van der Waals surface area contributed by atoms with Gasteiger partial charge in [0.25, 0.3) is 0 Å². The number of benzene rings is 1. The number of aryl methyl sites for hydroxylation is 1. The third kappa shape index (κ3) is 3.72. The first kappa shape index (κ1) is 13.9. The van der Waals surface area contributed by atoms with Crippen LogP contribution in [0, 0.1) is 0 Å². The molecule has 0 bridgehead atoms. The van der Waals surface area contributed by atoms with E-state index in [4.69, 9.17) is 4.74 Å². The van der Waals surface area contributed by atoms with E-state index in [-0.39, 0.29) is 0 Å². The number of nitrogens with one attached hydrogen (secondary N) is 1. The summed E-state index contributed by atoms with van der Waals surface area (Å²) in [6.45, 7) is 1.58. The second-order valence-electron chi connectivity index (χ2n) is 5.30. The fraction of sp³-hybridized carbons (Fsp3) is 0.412. The normalized spacial score (nSPS) is 13.5. The molecule has 1 heterocycles. The Hall–Kier alpha value is -2.10. The van der Waals surface area contributed by atoms with Crippen molar-refractivity contribution in [2.75, 3.05) is 18.5 Å². The minimum Gasteiger partial charge on any atom is -0.494 e. The Morgan fingerprint density at radius 2 is 1.90 bits per heavy atom. The maximum absolute atomic E-state index is 5.68. The van der Waals surface area contributed by atoms with Gasteiger partial charge < -0.3 is 10.1 Å². The molecule has 1 aliphatic rings. The van der Waals surface area contributed by atoms with Gasteiger partial charge in [-0.2, -0.15) is 0 Å². The molecule has 1 aliphatic carbocycles. The number of anilines is 1. The highest BCUT2D eigenvalue weighted by molar-refractivity contribution is 5.46. The van der Waals surface area contributed by atoms with E-state index in [0.29, 0.717) is 6.61 Å². The van der Waals surface area contributed by atoms with Crippen LogP contribution in [0.1, 0.15) is 30.5 Å². The Balaban J connectivity index is 1.45. The van der Waals surface area contributed by atoms with Crippen LogP contribution < -0.4 is 10.1 Å². The van der Waals surface area contributed by atoms with E-state index >= 15 is 0 Å². The number of rotatable bonds is 6. The molecule has 0 spiro atoms. The summed E-state index contributed by atoms with van der Waals surface area (Å²) in [7, 11) is 0. The van der Waals surface area contributed by atoms with Crippen LogP contribution in [0.4, 0.5) is 5.82 Å². The molecule has 3 rings (SSSR count). The molecule has 0 fully saturated rings. The van der Waals surface area contributed by atoms with E-state index in [1.165, 1.54) is 24.1 Å². The van der Waals surface area contributed by atoms with Crippen LogP contribution in [0.5, 0.6) is 5.75 Å². The summed E-state index contributed by atoms with van der Waals surface area (Å²) in [6, 6.07) is 9.93. The first-order valence-corrected chi connectivity index (χ1v) is 7.68. The second-order valence-corrected chi connectivity index (χ2v) is 5.30. The molecule has 1 aromatic heterocycles. The summed E-state index contributed by atoms with van der Waals surface area (Å²) < 4.78 is 5.68. The molecule has 1 aromatic carbocycles. The number of hydrogen-bond donors (Lipinski definition) is 1. The fourth-order valence-electron chi connectivity index (χ4n) is 2.66. The Labute approximate surface area is 125 Å². The third-order valence-corrected chi connectivity index (χ3v) is 3.75. The van der Waals surface area contributed by atoms with Crippen LogP contribution in [0.25, 0.3) is 0 Å². The molecule has 0 saturated carbocycles. The molecule has 0 amide bonds. The van der Waals surface area contributed by atoms with Crippen molar-refractivity contribution in [1.82, 2.24) is 9.97 Å². The summed E-state index contributed by atoms with van der Waals surface area (Å²) in [6.07, 6.45) is 7.30. The van der Waals surface area contributed by atoms with Gasteiger partial charge in [-0.25, -0.2) is 9.97 Å². The molecule has 4 nitrogen and oxygen atoms in total. The van der Waals surface area contributed by atoms with Crippen molar-refractivity contribution in [3.8, 4) is 5.75 Å². The van der Waals surface area contributed by atoms with E-state index in [1.54, 1.807) is 6.33 Å². The molecule has 0 aliphatic heterocycles. The summed E-state index contributed by atoms with van der Waals surface area (Å²) in [4.78, 5) is 8.77. The van der Waals surface area contributed by atoms with E-state index in [9.17, 15) is 0 Å². The maximum Gasteiger partial charge on any atom is 0.132 e. The SMILES string of the molecule is c1ccc(OCCCNc2ncnc3c2CCCC3)cc1. The highest BCUT2D eigenvalue weighted by Crippen LogP contribution is 2.24. The second kappa shape index (κ2) is 7.07. The standard InChI is InChI=1S/C17H21N3O/c1-2-7-14(8-3-1)21-12-6-11-18-17-15-9-4-5-10-16(15)19-13-20-17/h1-3,7-8,13H,4-6,9-12H2,(H,18,19,20). The maximum atomic E-state index is 5.68. The molecule has 0 radical (unpaired) electrons. The van der Waals surface area contributed by atoms with Crippen LogP contribution in [-0.4, -0.2) is 23.1 Å². The van der Waals surface area contributed by atoms with Gasteiger partial charge in [0.1, 0.15) is 17.9 Å². The van der Waals surface area contributed by atoms with E-state index in [1.807, 2.05) is 30.3 Å². The number of hydrogen-bond acceptors (Lipinski definition) is 4. The van der Waals surface area contributed by atoms with E-state index in [0.717, 1.165) is 37.4 Å². The van der Waals surface area contributed by atoms with Crippen LogP contribution in [0.15, 0.2) is 36.7 Å². The lowest BCUT2D eigenvalue weighted by atomic mass is 9.96. The number of aromatic nitrogens is 2. The number of ether oxygens (including phenoxy) is 1. The minimum absolute atomic E-state index is 0.713. The number of nitrogens with zero attached hydrogens (tertiary/aromatic N) is 2. The highest BCUT2D eigenvalue weighted by atomic mass is 16.5. The van der Waals surface area contributed by atoms with Crippen molar-refractivity contribution < 1.29 is 4.74 Å². The molecular weight excluding hydrogens is 262 g/mol. The van der Waals surface area contributed by atoms with Gasteiger partial charge in [-0.15, -0.1) is 0 Å². The highest BCUT2D eigenvalue weighted by Gasteiger charge is 2.14. The molecular formula is C17H21N3O. The smallest absolute Gasteiger partial charge is 0.132 e. The third-order valence-electron chi connectivity index (χ3n) is 3.75. The first-order valence-electron chi connectivity index (χ1n) is 7.68. The average Bonchev–Trinajstić information content (AvgIpc) is 2.56. The summed E-state index contributed by atoms with van der Waals surface area (Å²) in [5.74, 6) is 1.94. The lowest BCUT2D eigenvalue weighted by Crippen LogP contribution is -2.14. The van der Waals surface area contributed by atoms with Gasteiger partial charge in [0.2, 0.25) is 0 Å². The Bertz CT molecular complexity index is 572. The summed E-state index contributed by atoms with van der Waals surface area (Å²) in [5.41, 5.74) is 2.53. The van der Waals surface area contributed by atoms with Gasteiger partial charge >= 0.3 is 0 Å². The average molecular weight is 283 g/mol. The largest absolute Gasteiger partial charge is 0.494 e. The monoisotopic (exact) mass is 283 g/mol. The van der Waals surface area contributed by atoms with Crippen molar-refractivity contribution in [3.63, 3.8) is 0 Å². The lowest BCUT2D eigenvalue weighted by Gasteiger charge is -2.18. The molecule has 21 heavy (non-hydrogen) atoms. The zero-order valence-corrected chi connectivity index (χ0v) is 12.2. The van der Waals surface area contributed by atoms with E-state index < -0.39 is 0 Å². The molecule has 1 N–H and O–H groups in total. The number of para-hydroxylation sites is 1.